The average Bonchev–Trinajstić information content (AvgIpc) is 3.32. The number of halogens is 1. The SMILES string of the molecule is CC(C)C(C)NC(=O)C(NC(=O)c1cccs1)C1CCN(C(=O)Nc2cccc(Cl)c2)CC1. The molecule has 33 heavy (non-hydrogen) atoms. The average molecular weight is 491 g/mol. The van der Waals surface area contributed by atoms with Crippen LogP contribution in [0.15, 0.2) is 41.8 Å². The number of anilines is 1. The van der Waals surface area contributed by atoms with Gasteiger partial charge in [0.1, 0.15) is 6.04 Å². The number of urea groups is 1. The van der Waals surface area contributed by atoms with Crippen molar-refractivity contribution in [1.82, 2.24) is 15.5 Å². The Morgan fingerprint density at radius 2 is 1.79 bits per heavy atom. The molecule has 0 spiro atoms. The largest absolute Gasteiger partial charge is 0.352 e. The Balaban J connectivity index is 1.64. The van der Waals surface area contributed by atoms with Crippen LogP contribution in [0.25, 0.3) is 0 Å². The molecule has 2 unspecified atom stereocenters. The Labute approximate surface area is 203 Å². The molecule has 1 aliphatic rings. The summed E-state index contributed by atoms with van der Waals surface area (Å²) in [5, 5.41) is 11.2. The van der Waals surface area contributed by atoms with Crippen molar-refractivity contribution < 1.29 is 14.4 Å². The fraction of sp³-hybridized carbons (Fsp3) is 0.458. The van der Waals surface area contributed by atoms with E-state index in [-0.39, 0.29) is 35.7 Å². The van der Waals surface area contributed by atoms with Gasteiger partial charge in [-0.15, -0.1) is 11.3 Å². The molecule has 1 saturated heterocycles. The lowest BCUT2D eigenvalue weighted by Crippen LogP contribution is -2.55. The van der Waals surface area contributed by atoms with Gasteiger partial charge in [0.05, 0.1) is 4.88 Å². The third kappa shape index (κ3) is 6.95. The maximum atomic E-state index is 13.1. The zero-order valence-electron chi connectivity index (χ0n) is 19.1. The smallest absolute Gasteiger partial charge is 0.321 e. The fourth-order valence-electron chi connectivity index (χ4n) is 3.70. The molecular formula is C24H31ClN4O3S. The molecule has 1 aliphatic heterocycles. The van der Waals surface area contributed by atoms with Crippen molar-refractivity contribution >= 4 is 46.5 Å². The number of hydrogen-bond donors (Lipinski definition) is 3. The van der Waals surface area contributed by atoms with E-state index in [1.165, 1.54) is 11.3 Å². The topological polar surface area (TPSA) is 90.5 Å². The summed E-state index contributed by atoms with van der Waals surface area (Å²) in [4.78, 5) is 40.8. The van der Waals surface area contributed by atoms with Crippen molar-refractivity contribution in [3.8, 4) is 0 Å². The maximum absolute atomic E-state index is 13.1. The first kappa shape index (κ1) is 25.1. The van der Waals surface area contributed by atoms with Gasteiger partial charge in [-0.25, -0.2) is 4.79 Å². The van der Waals surface area contributed by atoms with Gasteiger partial charge < -0.3 is 20.9 Å². The number of thiophene rings is 1. The lowest BCUT2D eigenvalue weighted by Gasteiger charge is -2.36. The van der Waals surface area contributed by atoms with Gasteiger partial charge in [-0.1, -0.05) is 37.6 Å². The molecule has 3 rings (SSSR count). The number of carbonyl (C=O) groups excluding carboxylic acids is 3. The monoisotopic (exact) mass is 490 g/mol. The van der Waals surface area contributed by atoms with Crippen LogP contribution in [0.3, 0.4) is 0 Å². The van der Waals surface area contributed by atoms with Gasteiger partial charge in [0.2, 0.25) is 5.91 Å². The molecule has 7 nitrogen and oxygen atoms in total. The van der Waals surface area contributed by atoms with Gasteiger partial charge in [0.25, 0.3) is 5.91 Å². The highest BCUT2D eigenvalue weighted by Gasteiger charge is 2.34. The highest BCUT2D eigenvalue weighted by atomic mass is 35.5. The number of nitrogens with one attached hydrogen (secondary N) is 3. The van der Waals surface area contributed by atoms with Gasteiger partial charge in [-0.3, -0.25) is 9.59 Å². The normalized spacial score (nSPS) is 16.2. The molecule has 1 aromatic carbocycles. The Morgan fingerprint density at radius 3 is 2.39 bits per heavy atom. The molecule has 1 fully saturated rings. The first-order chi connectivity index (χ1) is 15.7. The van der Waals surface area contributed by atoms with Crippen LogP contribution < -0.4 is 16.0 Å². The number of carbonyl (C=O) groups is 3. The van der Waals surface area contributed by atoms with Crippen LogP contribution in [0.4, 0.5) is 10.5 Å². The molecule has 2 aromatic rings. The van der Waals surface area contributed by atoms with E-state index in [1.54, 1.807) is 35.2 Å². The molecule has 2 atom stereocenters. The fourth-order valence-corrected chi connectivity index (χ4v) is 4.52. The number of rotatable bonds is 7. The molecule has 0 bridgehead atoms. The number of amides is 4. The lowest BCUT2D eigenvalue weighted by atomic mass is 9.88. The summed E-state index contributed by atoms with van der Waals surface area (Å²) in [5.41, 5.74) is 0.637. The standard InChI is InChI=1S/C24H31ClN4O3S/c1-15(2)16(3)26-23(31)21(28-22(30)20-8-5-13-33-20)17-9-11-29(12-10-17)24(32)27-19-7-4-6-18(25)14-19/h4-8,13-17,21H,9-12H2,1-3H3,(H,26,31)(H,27,32)(H,28,30). The van der Waals surface area contributed by atoms with Crippen molar-refractivity contribution in [2.24, 2.45) is 11.8 Å². The second-order valence-corrected chi connectivity index (χ2v) is 10.1. The van der Waals surface area contributed by atoms with Crippen LogP contribution in [-0.2, 0) is 4.79 Å². The van der Waals surface area contributed by atoms with Crippen molar-refractivity contribution in [3.63, 3.8) is 0 Å². The molecule has 3 N–H and O–H groups in total. The molecule has 2 heterocycles. The zero-order chi connectivity index (χ0) is 24.0. The van der Waals surface area contributed by atoms with E-state index in [0.29, 0.717) is 41.5 Å². The van der Waals surface area contributed by atoms with Crippen molar-refractivity contribution in [3.05, 3.63) is 51.7 Å². The minimum absolute atomic E-state index is 0.0118. The van der Waals surface area contributed by atoms with E-state index in [1.807, 2.05) is 32.2 Å². The molecular weight excluding hydrogens is 460 g/mol. The Kier molecular flexibility index (Phi) is 8.74. The van der Waals surface area contributed by atoms with Crippen molar-refractivity contribution in [2.75, 3.05) is 18.4 Å². The minimum atomic E-state index is -0.654. The number of likely N-dealkylation sites (tertiary alicyclic amines) is 1. The van der Waals surface area contributed by atoms with E-state index in [0.717, 1.165) is 0 Å². The number of nitrogens with zero attached hydrogens (tertiary/aromatic N) is 1. The molecule has 178 valence electrons. The van der Waals surface area contributed by atoms with E-state index in [4.69, 9.17) is 11.6 Å². The molecule has 9 heteroatoms. The molecule has 0 saturated carbocycles. The first-order valence-electron chi connectivity index (χ1n) is 11.2. The van der Waals surface area contributed by atoms with Gasteiger partial charge in [0.15, 0.2) is 0 Å². The lowest BCUT2D eigenvalue weighted by molar-refractivity contribution is -0.125. The van der Waals surface area contributed by atoms with Crippen molar-refractivity contribution in [1.29, 1.82) is 0 Å². The van der Waals surface area contributed by atoms with Gasteiger partial charge in [-0.05, 0) is 61.2 Å². The second kappa shape index (κ2) is 11.5. The number of piperidine rings is 1. The summed E-state index contributed by atoms with van der Waals surface area (Å²) >= 11 is 7.34. The highest BCUT2D eigenvalue weighted by molar-refractivity contribution is 7.12. The summed E-state index contributed by atoms with van der Waals surface area (Å²) in [5.74, 6) is -0.213. The number of benzene rings is 1. The Morgan fingerprint density at radius 1 is 1.06 bits per heavy atom. The molecule has 0 radical (unpaired) electrons. The predicted molar refractivity (Wildman–Crippen MR) is 133 cm³/mol. The minimum Gasteiger partial charge on any atom is -0.352 e. The summed E-state index contributed by atoms with van der Waals surface area (Å²) in [6.45, 7) is 7.04. The van der Waals surface area contributed by atoms with E-state index < -0.39 is 6.04 Å². The summed E-state index contributed by atoms with van der Waals surface area (Å²) in [7, 11) is 0. The first-order valence-corrected chi connectivity index (χ1v) is 12.5. The zero-order valence-corrected chi connectivity index (χ0v) is 20.7. The van der Waals surface area contributed by atoms with E-state index in [2.05, 4.69) is 16.0 Å². The third-order valence-corrected chi connectivity index (χ3v) is 7.16. The summed E-state index contributed by atoms with van der Waals surface area (Å²) in [6.07, 6.45) is 1.23. The van der Waals surface area contributed by atoms with E-state index >= 15 is 0 Å². The van der Waals surface area contributed by atoms with Crippen LogP contribution in [-0.4, -0.2) is 47.9 Å². The summed E-state index contributed by atoms with van der Waals surface area (Å²) in [6, 6.07) is 9.70. The Bertz CT molecular complexity index is 958. The van der Waals surface area contributed by atoms with Crippen LogP contribution in [0, 0.1) is 11.8 Å². The molecule has 0 aliphatic carbocycles. The molecule has 4 amide bonds. The quantitative estimate of drug-likeness (QED) is 0.529. The second-order valence-electron chi connectivity index (χ2n) is 8.73. The highest BCUT2D eigenvalue weighted by Crippen LogP contribution is 2.23. The van der Waals surface area contributed by atoms with Crippen LogP contribution >= 0.6 is 22.9 Å². The van der Waals surface area contributed by atoms with Crippen molar-refractivity contribution in [2.45, 2.75) is 45.7 Å². The predicted octanol–water partition coefficient (Wildman–Crippen LogP) is 4.60. The summed E-state index contributed by atoms with van der Waals surface area (Å²) < 4.78 is 0. The number of hydrogen-bond acceptors (Lipinski definition) is 4. The maximum Gasteiger partial charge on any atom is 0.321 e. The van der Waals surface area contributed by atoms with Gasteiger partial charge in [-0.2, -0.15) is 0 Å². The van der Waals surface area contributed by atoms with Gasteiger partial charge >= 0.3 is 6.03 Å². The third-order valence-electron chi connectivity index (χ3n) is 6.06. The van der Waals surface area contributed by atoms with E-state index in [9.17, 15) is 14.4 Å². The van der Waals surface area contributed by atoms with Crippen LogP contribution in [0.2, 0.25) is 5.02 Å². The Hall–Kier alpha value is -2.58. The van der Waals surface area contributed by atoms with Crippen LogP contribution in [0.1, 0.15) is 43.3 Å². The van der Waals surface area contributed by atoms with Gasteiger partial charge in [0, 0.05) is 29.8 Å². The molecule has 1 aromatic heterocycles. The van der Waals surface area contributed by atoms with Crippen LogP contribution in [0.5, 0.6) is 0 Å².